The monoisotopic (exact) mass is 328 g/mol. The molecule has 2 aliphatic heterocycles. The molecule has 0 aliphatic carbocycles. The van der Waals surface area contributed by atoms with Crippen molar-refractivity contribution < 1.29 is 9.15 Å². The first-order chi connectivity index (χ1) is 11.8. The highest BCUT2D eigenvalue weighted by atomic mass is 16.5. The number of hydrogen-bond donors (Lipinski definition) is 1. The Morgan fingerprint density at radius 1 is 1.29 bits per heavy atom. The van der Waals surface area contributed by atoms with Gasteiger partial charge in [-0.15, -0.1) is 0 Å². The maximum atomic E-state index is 6.06. The molecule has 4 heterocycles. The lowest BCUT2D eigenvalue weighted by Gasteiger charge is -2.35. The minimum Gasteiger partial charge on any atom is -0.465 e. The highest BCUT2D eigenvalue weighted by Gasteiger charge is 2.40. The van der Waals surface area contributed by atoms with E-state index in [1.165, 1.54) is 6.42 Å². The Balaban J connectivity index is 1.29. The van der Waals surface area contributed by atoms with E-state index in [2.05, 4.69) is 26.3 Å². The summed E-state index contributed by atoms with van der Waals surface area (Å²) in [6.07, 6.45) is 4.93. The number of fused-ring (bicyclic) bond motifs is 1. The van der Waals surface area contributed by atoms with Crippen molar-refractivity contribution in [3.63, 3.8) is 0 Å². The molecule has 0 aromatic carbocycles. The summed E-state index contributed by atoms with van der Waals surface area (Å²) in [4.78, 5) is 10.9. The molecule has 0 radical (unpaired) electrons. The largest absolute Gasteiger partial charge is 0.465 e. The number of likely N-dealkylation sites (tertiary alicyclic amines) is 1. The standard InChI is InChI=1S/C18H24N4O2/c1-13-3-4-15(24-13)11-22-8-5-16-14(10-22)12-23-17(16)9-21-18-19-6-2-7-20-18/h2-4,6-7,14,16-17H,5,8-12H2,1H3,(H,19,20,21)/t14-,16-,17-/m0/s1. The average molecular weight is 328 g/mol. The SMILES string of the molecule is Cc1ccc(CN2CC[C@H]3[C@H](CO[C@H]3CNc3ncccn3)C2)o1. The molecule has 2 aromatic rings. The van der Waals surface area contributed by atoms with Gasteiger partial charge in [0, 0.05) is 31.4 Å². The van der Waals surface area contributed by atoms with Gasteiger partial charge in [-0.2, -0.15) is 0 Å². The third kappa shape index (κ3) is 3.44. The van der Waals surface area contributed by atoms with Gasteiger partial charge in [-0.05, 0) is 44.0 Å². The Morgan fingerprint density at radius 3 is 2.96 bits per heavy atom. The van der Waals surface area contributed by atoms with Crippen molar-refractivity contribution in [3.8, 4) is 0 Å². The molecule has 0 unspecified atom stereocenters. The van der Waals surface area contributed by atoms with Crippen LogP contribution in [0.3, 0.4) is 0 Å². The molecule has 4 rings (SSSR count). The van der Waals surface area contributed by atoms with Crippen LogP contribution >= 0.6 is 0 Å². The first-order valence-electron chi connectivity index (χ1n) is 8.68. The number of nitrogens with zero attached hydrogens (tertiary/aromatic N) is 3. The number of nitrogens with one attached hydrogen (secondary N) is 1. The summed E-state index contributed by atoms with van der Waals surface area (Å²) >= 11 is 0. The number of anilines is 1. The lowest BCUT2D eigenvalue weighted by Crippen LogP contribution is -2.42. The van der Waals surface area contributed by atoms with Gasteiger partial charge in [-0.25, -0.2) is 9.97 Å². The maximum Gasteiger partial charge on any atom is 0.222 e. The van der Waals surface area contributed by atoms with Gasteiger partial charge in [0.15, 0.2) is 0 Å². The van der Waals surface area contributed by atoms with E-state index in [0.29, 0.717) is 17.8 Å². The number of rotatable bonds is 5. The Hall–Kier alpha value is -1.92. The van der Waals surface area contributed by atoms with Crippen molar-refractivity contribution in [1.29, 1.82) is 0 Å². The van der Waals surface area contributed by atoms with Crippen LogP contribution in [0.15, 0.2) is 35.0 Å². The summed E-state index contributed by atoms with van der Waals surface area (Å²) in [5.41, 5.74) is 0. The summed E-state index contributed by atoms with van der Waals surface area (Å²) in [5.74, 6) is 3.95. The number of aromatic nitrogens is 2. The van der Waals surface area contributed by atoms with E-state index in [0.717, 1.165) is 44.3 Å². The molecule has 6 heteroatoms. The van der Waals surface area contributed by atoms with Crippen LogP contribution in [-0.2, 0) is 11.3 Å². The molecule has 2 saturated heterocycles. The minimum atomic E-state index is 0.256. The second-order valence-electron chi connectivity index (χ2n) is 6.79. The maximum absolute atomic E-state index is 6.06. The molecule has 3 atom stereocenters. The summed E-state index contributed by atoms with van der Waals surface area (Å²) in [5, 5.41) is 3.30. The van der Waals surface area contributed by atoms with Crippen molar-refractivity contribution in [2.75, 3.05) is 31.6 Å². The van der Waals surface area contributed by atoms with E-state index in [1.54, 1.807) is 12.4 Å². The smallest absolute Gasteiger partial charge is 0.222 e. The molecule has 128 valence electrons. The highest BCUT2D eigenvalue weighted by molar-refractivity contribution is 5.22. The van der Waals surface area contributed by atoms with Crippen molar-refractivity contribution in [1.82, 2.24) is 14.9 Å². The van der Waals surface area contributed by atoms with Gasteiger partial charge in [-0.1, -0.05) is 0 Å². The van der Waals surface area contributed by atoms with Crippen LogP contribution in [0.5, 0.6) is 0 Å². The molecule has 24 heavy (non-hydrogen) atoms. The summed E-state index contributed by atoms with van der Waals surface area (Å²) in [7, 11) is 0. The molecule has 1 N–H and O–H groups in total. The fraction of sp³-hybridized carbons (Fsp3) is 0.556. The molecule has 2 aliphatic rings. The summed E-state index contributed by atoms with van der Waals surface area (Å²) < 4.78 is 11.8. The Kier molecular flexibility index (Phi) is 4.49. The molecule has 6 nitrogen and oxygen atoms in total. The molecule has 0 spiro atoms. The number of piperidine rings is 1. The number of furan rings is 1. The van der Waals surface area contributed by atoms with Crippen LogP contribution in [-0.4, -0.2) is 47.2 Å². The van der Waals surface area contributed by atoms with E-state index < -0.39 is 0 Å². The number of ether oxygens (including phenoxy) is 1. The molecule has 0 amide bonds. The topological polar surface area (TPSA) is 63.4 Å². The van der Waals surface area contributed by atoms with Crippen LogP contribution in [0.4, 0.5) is 5.95 Å². The predicted octanol–water partition coefficient (Wildman–Crippen LogP) is 2.33. The molecule has 0 saturated carbocycles. The number of aryl methyl sites for hydroxylation is 1. The second kappa shape index (κ2) is 6.91. The van der Waals surface area contributed by atoms with Gasteiger partial charge in [0.25, 0.3) is 0 Å². The van der Waals surface area contributed by atoms with Gasteiger partial charge in [0.05, 0.1) is 19.3 Å². The normalized spacial score (nSPS) is 27.1. The van der Waals surface area contributed by atoms with E-state index in [9.17, 15) is 0 Å². The van der Waals surface area contributed by atoms with Crippen molar-refractivity contribution in [2.24, 2.45) is 11.8 Å². The van der Waals surface area contributed by atoms with Crippen LogP contribution < -0.4 is 5.32 Å². The van der Waals surface area contributed by atoms with Gasteiger partial charge < -0.3 is 14.5 Å². The third-order valence-electron chi connectivity index (χ3n) is 5.08. The van der Waals surface area contributed by atoms with Gasteiger partial charge in [0.2, 0.25) is 5.95 Å². The zero-order chi connectivity index (χ0) is 16.4. The minimum absolute atomic E-state index is 0.256. The fourth-order valence-electron chi connectivity index (χ4n) is 3.89. The molecule has 2 fully saturated rings. The van der Waals surface area contributed by atoms with Gasteiger partial charge >= 0.3 is 0 Å². The van der Waals surface area contributed by atoms with Crippen LogP contribution in [0.25, 0.3) is 0 Å². The highest BCUT2D eigenvalue weighted by Crippen LogP contribution is 2.35. The number of hydrogen-bond acceptors (Lipinski definition) is 6. The molecular weight excluding hydrogens is 304 g/mol. The van der Waals surface area contributed by atoms with Crippen LogP contribution in [0.1, 0.15) is 17.9 Å². The van der Waals surface area contributed by atoms with E-state index in [4.69, 9.17) is 9.15 Å². The van der Waals surface area contributed by atoms with Crippen molar-refractivity contribution in [2.45, 2.75) is 26.0 Å². The Bertz CT molecular complexity index is 660. The molecule has 0 bridgehead atoms. The molecular formula is C18H24N4O2. The summed E-state index contributed by atoms with van der Waals surface area (Å²) in [6.45, 7) is 6.71. The first kappa shape index (κ1) is 15.6. The second-order valence-corrected chi connectivity index (χ2v) is 6.79. The Labute approximate surface area is 142 Å². The lowest BCUT2D eigenvalue weighted by molar-refractivity contribution is 0.0937. The van der Waals surface area contributed by atoms with Crippen LogP contribution in [0, 0.1) is 18.8 Å². The van der Waals surface area contributed by atoms with E-state index in [-0.39, 0.29) is 6.10 Å². The lowest BCUT2D eigenvalue weighted by atomic mass is 9.84. The molecule has 2 aromatic heterocycles. The quantitative estimate of drug-likeness (QED) is 0.909. The van der Waals surface area contributed by atoms with Gasteiger partial charge in [0.1, 0.15) is 11.5 Å². The van der Waals surface area contributed by atoms with E-state index >= 15 is 0 Å². The van der Waals surface area contributed by atoms with Gasteiger partial charge in [-0.3, -0.25) is 4.90 Å². The zero-order valence-electron chi connectivity index (χ0n) is 14.0. The van der Waals surface area contributed by atoms with Crippen molar-refractivity contribution >= 4 is 5.95 Å². The Morgan fingerprint density at radius 2 is 2.17 bits per heavy atom. The van der Waals surface area contributed by atoms with E-state index in [1.807, 2.05) is 19.1 Å². The summed E-state index contributed by atoms with van der Waals surface area (Å²) in [6, 6.07) is 5.94. The van der Waals surface area contributed by atoms with Crippen molar-refractivity contribution in [3.05, 3.63) is 42.1 Å². The fourth-order valence-corrected chi connectivity index (χ4v) is 3.89. The average Bonchev–Trinajstić information content (AvgIpc) is 3.20. The zero-order valence-corrected chi connectivity index (χ0v) is 14.0. The first-order valence-corrected chi connectivity index (χ1v) is 8.68. The van der Waals surface area contributed by atoms with Crippen LogP contribution in [0.2, 0.25) is 0 Å². The third-order valence-corrected chi connectivity index (χ3v) is 5.08. The predicted molar refractivity (Wildman–Crippen MR) is 90.6 cm³/mol.